The van der Waals surface area contributed by atoms with E-state index in [1.54, 1.807) is 0 Å². The molecule has 1 aromatic rings. The zero-order chi connectivity index (χ0) is 11.5. The van der Waals surface area contributed by atoms with Crippen LogP contribution in [0.25, 0.3) is 0 Å². The van der Waals surface area contributed by atoms with E-state index >= 15 is 0 Å². The van der Waals surface area contributed by atoms with E-state index in [-0.39, 0.29) is 18.4 Å². The van der Waals surface area contributed by atoms with Crippen LogP contribution in [0.5, 0.6) is 0 Å². The quantitative estimate of drug-likeness (QED) is 0.876. The summed E-state index contributed by atoms with van der Waals surface area (Å²) in [6.45, 7) is 6.55. The Kier molecular flexibility index (Phi) is 5.25. The highest BCUT2D eigenvalue weighted by molar-refractivity contribution is 5.85. The van der Waals surface area contributed by atoms with Crippen LogP contribution in [0.15, 0.2) is 24.3 Å². The van der Waals surface area contributed by atoms with Gasteiger partial charge in [0.05, 0.1) is 0 Å². The molecule has 0 amide bonds. The second kappa shape index (κ2) is 6.24. The molecule has 3 nitrogen and oxygen atoms in total. The fourth-order valence-corrected chi connectivity index (χ4v) is 2.05. The topological polar surface area (TPSA) is 32.5 Å². The number of rotatable bonds is 2. The Bertz CT molecular complexity index is 329. The van der Waals surface area contributed by atoms with Crippen LogP contribution >= 0.6 is 12.4 Å². The lowest BCUT2D eigenvalue weighted by Crippen LogP contribution is -2.44. The summed E-state index contributed by atoms with van der Waals surface area (Å²) in [5.41, 5.74) is 8.36. The number of hydrogen-bond donors (Lipinski definition) is 1. The third-order valence-corrected chi connectivity index (χ3v) is 3.29. The lowest BCUT2D eigenvalue weighted by molar-refractivity contribution is 0.313. The average Bonchev–Trinajstić information content (AvgIpc) is 2.30. The van der Waals surface area contributed by atoms with Crippen LogP contribution in [0, 0.1) is 0 Å². The lowest BCUT2D eigenvalue weighted by atomic mass is 10.1. The number of anilines is 1. The van der Waals surface area contributed by atoms with Gasteiger partial charge in [0.25, 0.3) is 0 Å². The second-order valence-electron chi connectivity index (χ2n) is 4.67. The first-order valence-corrected chi connectivity index (χ1v) is 5.96. The summed E-state index contributed by atoms with van der Waals surface area (Å²) in [6, 6.07) is 8.77. The average molecular weight is 256 g/mol. The molecule has 0 aromatic heterocycles. The molecule has 0 spiro atoms. The van der Waals surface area contributed by atoms with Crippen molar-refractivity contribution in [2.24, 2.45) is 5.73 Å². The predicted octanol–water partition coefficient (Wildman–Crippen LogP) is 1.88. The Morgan fingerprint density at radius 3 is 2.06 bits per heavy atom. The van der Waals surface area contributed by atoms with Crippen LogP contribution in [0.3, 0.4) is 0 Å². The molecular formula is C13H22ClN3. The standard InChI is InChI=1S/C13H21N3.ClH/c1-11(14)12-3-5-13(6-4-12)16-9-7-15(2)8-10-16;/h3-6,11H,7-10,14H2,1-2H3;1H. The Morgan fingerprint density at radius 2 is 1.59 bits per heavy atom. The zero-order valence-corrected chi connectivity index (χ0v) is 11.4. The van der Waals surface area contributed by atoms with E-state index in [4.69, 9.17) is 5.73 Å². The molecule has 1 unspecified atom stereocenters. The van der Waals surface area contributed by atoms with Crippen LogP contribution in [0.2, 0.25) is 0 Å². The van der Waals surface area contributed by atoms with Gasteiger partial charge in [-0.05, 0) is 31.7 Å². The van der Waals surface area contributed by atoms with Gasteiger partial charge in [-0.2, -0.15) is 0 Å². The second-order valence-corrected chi connectivity index (χ2v) is 4.67. The molecule has 1 aromatic carbocycles. The van der Waals surface area contributed by atoms with E-state index in [1.807, 2.05) is 6.92 Å². The molecule has 1 aliphatic rings. The van der Waals surface area contributed by atoms with E-state index < -0.39 is 0 Å². The van der Waals surface area contributed by atoms with Gasteiger partial charge >= 0.3 is 0 Å². The fraction of sp³-hybridized carbons (Fsp3) is 0.538. The van der Waals surface area contributed by atoms with E-state index in [9.17, 15) is 0 Å². The van der Waals surface area contributed by atoms with Crippen molar-refractivity contribution in [3.05, 3.63) is 29.8 Å². The minimum absolute atomic E-state index is 0. The fourth-order valence-electron chi connectivity index (χ4n) is 2.05. The number of likely N-dealkylation sites (N-methyl/N-ethyl adjacent to an activating group) is 1. The molecule has 0 aliphatic carbocycles. The van der Waals surface area contributed by atoms with Crippen LogP contribution in [0.1, 0.15) is 18.5 Å². The maximum Gasteiger partial charge on any atom is 0.0367 e. The number of piperazine rings is 1. The molecular weight excluding hydrogens is 234 g/mol. The maximum absolute atomic E-state index is 5.84. The Hall–Kier alpha value is -0.770. The van der Waals surface area contributed by atoms with Gasteiger partial charge in [-0.25, -0.2) is 0 Å². The molecule has 0 radical (unpaired) electrons. The summed E-state index contributed by atoms with van der Waals surface area (Å²) in [4.78, 5) is 4.80. The highest BCUT2D eigenvalue weighted by Crippen LogP contribution is 2.19. The van der Waals surface area contributed by atoms with E-state index in [1.165, 1.54) is 11.3 Å². The molecule has 0 saturated carbocycles. The first kappa shape index (κ1) is 14.3. The van der Waals surface area contributed by atoms with E-state index in [2.05, 4.69) is 41.1 Å². The molecule has 2 N–H and O–H groups in total. The molecule has 1 aliphatic heterocycles. The van der Waals surface area contributed by atoms with Crippen molar-refractivity contribution >= 4 is 18.1 Å². The van der Waals surface area contributed by atoms with Gasteiger partial charge in [0.2, 0.25) is 0 Å². The molecule has 4 heteroatoms. The molecule has 1 fully saturated rings. The van der Waals surface area contributed by atoms with Crippen LogP contribution in [0.4, 0.5) is 5.69 Å². The third kappa shape index (κ3) is 3.60. The number of hydrogen-bond acceptors (Lipinski definition) is 3. The van der Waals surface area contributed by atoms with E-state index in [0.29, 0.717) is 0 Å². The van der Waals surface area contributed by atoms with Gasteiger partial charge in [-0.3, -0.25) is 0 Å². The highest BCUT2D eigenvalue weighted by Gasteiger charge is 2.13. The van der Waals surface area contributed by atoms with Crippen molar-refractivity contribution in [2.45, 2.75) is 13.0 Å². The van der Waals surface area contributed by atoms with Gasteiger partial charge in [0.1, 0.15) is 0 Å². The Balaban J connectivity index is 0.00000144. The first-order chi connectivity index (χ1) is 7.66. The largest absolute Gasteiger partial charge is 0.369 e. The normalized spacial score (nSPS) is 18.6. The summed E-state index contributed by atoms with van der Waals surface area (Å²) in [7, 11) is 2.18. The zero-order valence-electron chi connectivity index (χ0n) is 10.6. The Labute approximate surface area is 110 Å². The van der Waals surface area contributed by atoms with Crippen molar-refractivity contribution in [1.29, 1.82) is 0 Å². The van der Waals surface area contributed by atoms with Gasteiger partial charge in [-0.1, -0.05) is 12.1 Å². The molecule has 1 atom stereocenters. The number of nitrogens with zero attached hydrogens (tertiary/aromatic N) is 2. The van der Waals surface area contributed by atoms with Crippen molar-refractivity contribution in [3.8, 4) is 0 Å². The molecule has 1 saturated heterocycles. The molecule has 2 rings (SSSR count). The predicted molar refractivity (Wildman–Crippen MR) is 76.0 cm³/mol. The number of benzene rings is 1. The highest BCUT2D eigenvalue weighted by atomic mass is 35.5. The van der Waals surface area contributed by atoms with Crippen LogP contribution in [-0.2, 0) is 0 Å². The maximum atomic E-state index is 5.84. The minimum atomic E-state index is 0. The van der Waals surface area contributed by atoms with Crippen molar-refractivity contribution < 1.29 is 0 Å². The SMILES string of the molecule is CC(N)c1ccc(N2CCN(C)CC2)cc1.Cl. The lowest BCUT2D eigenvalue weighted by Gasteiger charge is -2.34. The van der Waals surface area contributed by atoms with Crippen LogP contribution in [-0.4, -0.2) is 38.1 Å². The van der Waals surface area contributed by atoms with E-state index in [0.717, 1.165) is 26.2 Å². The van der Waals surface area contributed by atoms with Gasteiger partial charge in [-0.15, -0.1) is 12.4 Å². The summed E-state index contributed by atoms with van der Waals surface area (Å²) < 4.78 is 0. The molecule has 96 valence electrons. The summed E-state index contributed by atoms with van der Waals surface area (Å²) >= 11 is 0. The van der Waals surface area contributed by atoms with Crippen molar-refractivity contribution in [3.63, 3.8) is 0 Å². The molecule has 0 bridgehead atoms. The van der Waals surface area contributed by atoms with Gasteiger partial charge in [0.15, 0.2) is 0 Å². The smallest absolute Gasteiger partial charge is 0.0367 e. The third-order valence-electron chi connectivity index (χ3n) is 3.29. The first-order valence-electron chi connectivity index (χ1n) is 5.96. The summed E-state index contributed by atoms with van der Waals surface area (Å²) in [6.07, 6.45) is 0. The minimum Gasteiger partial charge on any atom is -0.369 e. The summed E-state index contributed by atoms with van der Waals surface area (Å²) in [5.74, 6) is 0. The van der Waals surface area contributed by atoms with Crippen LogP contribution < -0.4 is 10.6 Å². The Morgan fingerprint density at radius 1 is 1.06 bits per heavy atom. The monoisotopic (exact) mass is 255 g/mol. The van der Waals surface area contributed by atoms with Crippen molar-refractivity contribution in [1.82, 2.24) is 4.90 Å². The number of nitrogens with two attached hydrogens (primary N) is 1. The van der Waals surface area contributed by atoms with Gasteiger partial charge < -0.3 is 15.5 Å². The van der Waals surface area contributed by atoms with Crippen molar-refractivity contribution in [2.75, 3.05) is 38.1 Å². The van der Waals surface area contributed by atoms with Gasteiger partial charge in [0, 0.05) is 37.9 Å². The summed E-state index contributed by atoms with van der Waals surface area (Å²) in [5, 5.41) is 0. The molecule has 1 heterocycles. The number of halogens is 1. The molecule has 17 heavy (non-hydrogen) atoms.